The fraction of sp³-hybridized carbons (Fsp3) is 1.00. The molecule has 12 aliphatic rings. The van der Waals surface area contributed by atoms with E-state index in [1.807, 2.05) is 0 Å². The molecule has 0 spiro atoms. The molecule has 0 aromatic carbocycles. The fourth-order valence-corrected chi connectivity index (χ4v) is 27.6. The van der Waals surface area contributed by atoms with Crippen LogP contribution < -0.4 is 0 Å². The zero-order valence-corrected chi connectivity index (χ0v) is 57.6. The number of fused-ring (bicyclic) bond motifs is 15. The molecule has 0 radical (unpaired) electrons. The molecular weight excluding hydrogens is 1100 g/mol. The van der Waals surface area contributed by atoms with Gasteiger partial charge in [0, 0.05) is 0 Å². The maximum Gasteiger partial charge on any atom is 0.397 e. The van der Waals surface area contributed by atoms with Crippen LogP contribution in [0.15, 0.2) is 0 Å². The van der Waals surface area contributed by atoms with Crippen molar-refractivity contribution in [3.63, 3.8) is 0 Å². The molecular formula is C76H136O10S. The van der Waals surface area contributed by atoms with Gasteiger partial charge in [-0.25, -0.2) is 4.18 Å². The summed E-state index contributed by atoms with van der Waals surface area (Å²) >= 11 is 0. The summed E-state index contributed by atoms with van der Waals surface area (Å²) in [4.78, 5) is 0. The smallest absolute Gasteiger partial charge is 0.393 e. The van der Waals surface area contributed by atoms with Crippen molar-refractivity contribution in [3.8, 4) is 0 Å². The molecule has 0 aromatic heterocycles. The van der Waals surface area contributed by atoms with Crippen LogP contribution in [-0.2, 0) is 14.6 Å². The van der Waals surface area contributed by atoms with Gasteiger partial charge in [-0.1, -0.05) is 135 Å². The zero-order chi connectivity index (χ0) is 62.3. The van der Waals surface area contributed by atoms with E-state index in [0.29, 0.717) is 99.1 Å². The minimum Gasteiger partial charge on any atom is -0.393 e. The van der Waals surface area contributed by atoms with Gasteiger partial charge in [0.2, 0.25) is 0 Å². The second-order valence-corrected chi connectivity index (χ2v) is 36.4. The Labute approximate surface area is 533 Å². The maximum atomic E-state index is 11.7. The van der Waals surface area contributed by atoms with Crippen molar-refractivity contribution in [3.05, 3.63) is 0 Å². The van der Waals surface area contributed by atoms with Gasteiger partial charge >= 0.3 is 10.4 Å². The van der Waals surface area contributed by atoms with E-state index in [4.69, 9.17) is 4.55 Å². The highest BCUT2D eigenvalue weighted by Crippen LogP contribution is 2.72. The summed E-state index contributed by atoms with van der Waals surface area (Å²) < 4.78 is 35.4. The molecule has 12 rings (SSSR count). The third-order valence-corrected chi connectivity index (χ3v) is 32.3. The average molecular weight is 1240 g/mol. The minimum atomic E-state index is -4.39. The van der Waals surface area contributed by atoms with Crippen LogP contribution in [0.2, 0.25) is 0 Å². The largest absolute Gasteiger partial charge is 0.397 e. The van der Waals surface area contributed by atoms with Gasteiger partial charge in [-0.2, -0.15) is 8.42 Å². The molecule has 7 N–H and O–H groups in total. The molecule has 12 unspecified atom stereocenters. The number of hydrogen-bond acceptors (Lipinski definition) is 9. The van der Waals surface area contributed by atoms with Crippen LogP contribution in [-0.4, -0.2) is 86.8 Å². The van der Waals surface area contributed by atoms with Gasteiger partial charge < -0.3 is 30.6 Å². The summed E-state index contributed by atoms with van der Waals surface area (Å²) in [5, 5.41) is 65.2. The third kappa shape index (κ3) is 12.9. The quantitative estimate of drug-likeness (QED) is 0.0826. The Balaban J connectivity index is 0.000000155. The number of aliphatic hydroxyl groups is 6. The van der Waals surface area contributed by atoms with Gasteiger partial charge in [0.25, 0.3) is 0 Å². The van der Waals surface area contributed by atoms with Crippen molar-refractivity contribution in [1.29, 1.82) is 0 Å². The first-order valence-corrected chi connectivity index (χ1v) is 38.6. The van der Waals surface area contributed by atoms with Gasteiger partial charge in [-0.05, 0) is 299 Å². The van der Waals surface area contributed by atoms with Crippen LogP contribution in [0.4, 0.5) is 0 Å². The molecule has 0 amide bonds. The van der Waals surface area contributed by atoms with Crippen LogP contribution in [0, 0.1) is 145 Å². The van der Waals surface area contributed by atoms with Crippen LogP contribution >= 0.6 is 0 Å². The lowest BCUT2D eigenvalue weighted by atomic mass is 9.41. The van der Waals surface area contributed by atoms with E-state index in [1.54, 1.807) is 0 Å². The lowest BCUT2D eigenvalue weighted by Crippen LogP contribution is -2.62. The standard InChI is InChI=1S/C25H44O6S.2C25H44O2.CH4/c1-5-17-21-14-16(26)8-11-25(21,4)20-9-12-24(3)18(6-7-19(24)22(20)23(17)27)15(2)10-13-31-32(28,29)30;2*1-5-6-7-16(2)19-8-9-20-23-21(11-13-25(19,20)4)24(3)12-10-18(26)14-17(24)15-22(23)27;/h15-23,26-27H,5-14H2,1-4H3,(H,28,29,30);2*16-23,26-27H,5-15H2,1-4H3;1H4/t15-,16-,17-,18?,19?,20?,21+,22?,23-,24-,25-;2*16-,17+,18-,19?,20?,21?,22-,23?,24+,25-;/m111./s1. The Hall–Kier alpha value is -0.370. The maximum absolute atomic E-state index is 11.7. The average Bonchev–Trinajstić information content (AvgIpc) is 1.74. The highest BCUT2D eigenvalue weighted by atomic mass is 32.3. The molecule has 11 heteroatoms. The topological polar surface area (TPSA) is 185 Å². The summed E-state index contributed by atoms with van der Waals surface area (Å²) in [6.07, 6.45) is 34.9. The van der Waals surface area contributed by atoms with E-state index < -0.39 is 10.4 Å². The Morgan fingerprint density at radius 3 is 1.16 bits per heavy atom. The molecule has 10 nitrogen and oxygen atoms in total. The number of rotatable bonds is 14. The van der Waals surface area contributed by atoms with E-state index in [-0.39, 0.29) is 67.4 Å². The van der Waals surface area contributed by atoms with Gasteiger partial charge in [-0.3, -0.25) is 4.55 Å². The van der Waals surface area contributed by atoms with Gasteiger partial charge in [0.1, 0.15) is 0 Å². The van der Waals surface area contributed by atoms with Crippen molar-refractivity contribution < 1.29 is 47.8 Å². The Morgan fingerprint density at radius 2 is 0.770 bits per heavy atom. The molecule has 0 bridgehead atoms. The molecule has 506 valence electrons. The van der Waals surface area contributed by atoms with Crippen LogP contribution in [0.25, 0.3) is 0 Å². The van der Waals surface area contributed by atoms with Crippen LogP contribution in [0.5, 0.6) is 0 Å². The third-order valence-electron chi connectivity index (χ3n) is 31.8. The second-order valence-electron chi connectivity index (χ2n) is 35.3. The zero-order valence-electron chi connectivity index (χ0n) is 56.8. The van der Waals surface area contributed by atoms with Crippen molar-refractivity contribution in [1.82, 2.24) is 0 Å². The summed E-state index contributed by atoms with van der Waals surface area (Å²) in [5.74, 6) is 11.1. The van der Waals surface area contributed by atoms with E-state index in [1.165, 1.54) is 103 Å². The Morgan fingerprint density at radius 1 is 0.425 bits per heavy atom. The first kappa shape index (κ1) is 70.9. The summed E-state index contributed by atoms with van der Waals surface area (Å²) in [6, 6.07) is 0. The Kier molecular flexibility index (Phi) is 22.3. The first-order chi connectivity index (χ1) is 40.5. The lowest BCUT2D eigenvalue weighted by Gasteiger charge is -2.64. The highest BCUT2D eigenvalue weighted by molar-refractivity contribution is 7.80. The number of hydrogen-bond donors (Lipinski definition) is 7. The second kappa shape index (κ2) is 27.4. The molecule has 0 heterocycles. The minimum absolute atomic E-state index is 0. The van der Waals surface area contributed by atoms with Crippen molar-refractivity contribution in [2.75, 3.05) is 6.61 Å². The van der Waals surface area contributed by atoms with Crippen LogP contribution in [0.1, 0.15) is 290 Å². The first-order valence-electron chi connectivity index (χ1n) is 37.2. The SMILES string of the molecule is C.CCCC[C@@H](C)C1CCC2C3C(CC[C@@]21C)[C@@]1(C)CC[C@@H](O)C[C@H]1C[C@H]3O.CCCC[C@@H](C)C1CCC2C3C(CC[C@@]21C)[C@@]1(C)CC[C@@H](O)C[C@H]1C[C@H]3O.CC[C@H]1[C@@H](O)C2C3CCC([C@H](C)CCOS(=O)(=O)O)[C@@]3(C)CCC2[C@@]2(C)CC[C@@H](O)C[C@@H]12. The number of aliphatic hydroxyl groups excluding tert-OH is 6. The predicted octanol–water partition coefficient (Wildman–Crippen LogP) is 16.7. The van der Waals surface area contributed by atoms with E-state index in [9.17, 15) is 39.1 Å². The predicted molar refractivity (Wildman–Crippen MR) is 352 cm³/mol. The molecule has 0 aromatic rings. The molecule has 0 saturated heterocycles. The van der Waals surface area contributed by atoms with Gasteiger partial charge in [0.05, 0.1) is 43.2 Å². The van der Waals surface area contributed by atoms with Crippen molar-refractivity contribution in [2.45, 2.75) is 326 Å². The van der Waals surface area contributed by atoms with E-state index in [0.717, 1.165) is 125 Å². The Bertz CT molecular complexity index is 2260. The molecule has 87 heavy (non-hydrogen) atoms. The normalized spacial score (nSPS) is 51.4. The summed E-state index contributed by atoms with van der Waals surface area (Å²) in [7, 11) is -4.39. The van der Waals surface area contributed by atoms with Gasteiger partial charge in [0.15, 0.2) is 0 Å². The molecule has 31 atom stereocenters. The van der Waals surface area contributed by atoms with Crippen LogP contribution in [0.3, 0.4) is 0 Å². The van der Waals surface area contributed by atoms with Crippen molar-refractivity contribution in [2.24, 2.45) is 145 Å². The fourth-order valence-electron chi connectivity index (χ4n) is 27.3. The monoisotopic (exact) mass is 1240 g/mol. The van der Waals surface area contributed by atoms with Crippen molar-refractivity contribution >= 4 is 10.4 Å². The van der Waals surface area contributed by atoms with E-state index >= 15 is 0 Å². The molecule has 12 aliphatic carbocycles. The molecule has 12 fully saturated rings. The highest BCUT2D eigenvalue weighted by Gasteiger charge is 2.67. The number of unbranched alkanes of at least 4 members (excludes halogenated alkanes) is 2. The lowest BCUT2D eigenvalue weighted by molar-refractivity contribution is -0.203. The summed E-state index contributed by atoms with van der Waals surface area (Å²) in [6.45, 7) is 29.2. The van der Waals surface area contributed by atoms with Gasteiger partial charge in [-0.15, -0.1) is 0 Å². The molecule has 0 aliphatic heterocycles. The summed E-state index contributed by atoms with van der Waals surface area (Å²) in [5.41, 5.74) is 1.97. The van der Waals surface area contributed by atoms with E-state index in [2.05, 4.69) is 87.3 Å². The molecule has 12 saturated carbocycles.